The molecule has 1 aliphatic rings. The highest BCUT2D eigenvalue weighted by Crippen LogP contribution is 2.39. The molecular weight excluding hydrogens is 504 g/mol. The Kier molecular flexibility index (Phi) is 6.86. The van der Waals surface area contributed by atoms with E-state index in [2.05, 4.69) is 26.1 Å². The maximum atomic E-state index is 15.0. The summed E-state index contributed by atoms with van der Waals surface area (Å²) in [5.41, 5.74) is 2.63. The van der Waals surface area contributed by atoms with Gasteiger partial charge in [-0.05, 0) is 25.1 Å². The van der Waals surface area contributed by atoms with Gasteiger partial charge in [-0.1, -0.05) is 6.07 Å². The molecule has 196 valence electrons. The number of aryl methyl sites for hydroxylation is 1. The van der Waals surface area contributed by atoms with Crippen LogP contribution in [0.2, 0.25) is 0 Å². The van der Waals surface area contributed by atoms with Crippen LogP contribution in [0.1, 0.15) is 12.6 Å². The second kappa shape index (κ2) is 10.4. The molecular formula is C27H23F2N9O. The van der Waals surface area contributed by atoms with E-state index in [1.807, 2.05) is 11.8 Å². The molecule has 39 heavy (non-hydrogen) atoms. The standard InChI is InChI=1S/C27H23F2N9O/c1-16-14-37(8-9-38(16)27(39)17(11-28)12-30)26-23-20(24-21(29)4-3-7-32-24)6-5-19(25(23)33-15-34-26)22-10-18(13-31)36(2)35-22/h3-7,10,15-17H,8-9,11,14H2,1-2H3. The summed E-state index contributed by atoms with van der Waals surface area (Å²) in [6, 6.07) is 11.5. The maximum Gasteiger partial charge on any atom is 0.243 e. The highest BCUT2D eigenvalue weighted by atomic mass is 19.1. The topological polar surface area (TPSA) is 128 Å². The Labute approximate surface area is 222 Å². The van der Waals surface area contributed by atoms with Gasteiger partial charge in [0.1, 0.15) is 42.1 Å². The molecule has 0 spiro atoms. The Morgan fingerprint density at radius 3 is 2.64 bits per heavy atom. The first-order valence-electron chi connectivity index (χ1n) is 12.2. The van der Waals surface area contributed by atoms with Gasteiger partial charge in [0.05, 0.1) is 22.7 Å². The van der Waals surface area contributed by atoms with Crippen LogP contribution in [-0.4, -0.2) is 67.9 Å². The number of carbonyl (C=O) groups is 1. The fraction of sp³-hybridized carbons (Fsp3) is 0.296. The second-order valence-corrected chi connectivity index (χ2v) is 9.23. The molecule has 4 aromatic rings. The summed E-state index contributed by atoms with van der Waals surface area (Å²) in [5.74, 6) is -1.87. The summed E-state index contributed by atoms with van der Waals surface area (Å²) in [5, 5.41) is 23.6. The number of piperazine rings is 1. The van der Waals surface area contributed by atoms with Crippen LogP contribution < -0.4 is 4.90 Å². The average Bonchev–Trinajstić information content (AvgIpc) is 3.33. The first-order valence-corrected chi connectivity index (χ1v) is 12.2. The lowest BCUT2D eigenvalue weighted by atomic mass is 9.98. The van der Waals surface area contributed by atoms with Crippen LogP contribution in [0, 0.1) is 34.4 Å². The number of rotatable bonds is 5. The predicted molar refractivity (Wildman–Crippen MR) is 138 cm³/mol. The Hall–Kier alpha value is -4.97. The highest BCUT2D eigenvalue weighted by Gasteiger charge is 2.33. The number of alkyl halides is 1. The third-order valence-corrected chi connectivity index (χ3v) is 6.87. The van der Waals surface area contributed by atoms with Gasteiger partial charge in [-0.2, -0.15) is 15.6 Å². The summed E-state index contributed by atoms with van der Waals surface area (Å²) in [7, 11) is 1.67. The van der Waals surface area contributed by atoms with Crippen molar-refractivity contribution in [3.05, 3.63) is 54.4 Å². The highest BCUT2D eigenvalue weighted by molar-refractivity contribution is 6.07. The number of hydrogen-bond acceptors (Lipinski definition) is 8. The lowest BCUT2D eigenvalue weighted by Crippen LogP contribution is -2.55. The van der Waals surface area contributed by atoms with Crippen LogP contribution in [0.25, 0.3) is 33.4 Å². The van der Waals surface area contributed by atoms with Crippen molar-refractivity contribution < 1.29 is 13.6 Å². The van der Waals surface area contributed by atoms with Gasteiger partial charge in [-0.25, -0.2) is 18.7 Å². The molecule has 5 rings (SSSR count). The Morgan fingerprint density at radius 2 is 1.97 bits per heavy atom. The van der Waals surface area contributed by atoms with E-state index in [9.17, 15) is 18.8 Å². The Bertz CT molecular complexity index is 1660. The van der Waals surface area contributed by atoms with Gasteiger partial charge in [0, 0.05) is 56.1 Å². The zero-order valence-corrected chi connectivity index (χ0v) is 21.2. The van der Waals surface area contributed by atoms with Crippen molar-refractivity contribution in [1.29, 1.82) is 10.5 Å². The van der Waals surface area contributed by atoms with Crippen molar-refractivity contribution >= 4 is 22.6 Å². The lowest BCUT2D eigenvalue weighted by Gasteiger charge is -2.41. The van der Waals surface area contributed by atoms with E-state index < -0.39 is 24.3 Å². The normalized spacial score (nSPS) is 16.1. The fourth-order valence-corrected chi connectivity index (χ4v) is 4.92. The molecule has 0 N–H and O–H groups in total. The molecule has 1 saturated heterocycles. The molecule has 2 atom stereocenters. The predicted octanol–water partition coefficient (Wildman–Crippen LogP) is 3.25. The zero-order chi connectivity index (χ0) is 27.7. The fourth-order valence-electron chi connectivity index (χ4n) is 4.92. The van der Waals surface area contributed by atoms with E-state index in [1.54, 1.807) is 31.3 Å². The molecule has 1 aromatic carbocycles. The van der Waals surface area contributed by atoms with Gasteiger partial charge in [-0.15, -0.1) is 0 Å². The summed E-state index contributed by atoms with van der Waals surface area (Å²) in [6.45, 7) is 1.73. The van der Waals surface area contributed by atoms with Crippen molar-refractivity contribution in [3.63, 3.8) is 0 Å². The van der Waals surface area contributed by atoms with E-state index in [0.717, 1.165) is 0 Å². The number of nitrogens with zero attached hydrogens (tertiary/aromatic N) is 9. The number of fused-ring (bicyclic) bond motifs is 1. The van der Waals surface area contributed by atoms with Crippen LogP contribution in [0.15, 0.2) is 42.9 Å². The van der Waals surface area contributed by atoms with Crippen LogP contribution in [-0.2, 0) is 11.8 Å². The minimum Gasteiger partial charge on any atom is -0.352 e. The quantitative estimate of drug-likeness (QED) is 0.387. The first kappa shape index (κ1) is 25.7. The molecule has 0 aliphatic carbocycles. The van der Waals surface area contributed by atoms with Crippen molar-refractivity contribution in [3.8, 4) is 34.7 Å². The molecule has 4 heterocycles. The maximum absolute atomic E-state index is 15.0. The van der Waals surface area contributed by atoms with Crippen molar-refractivity contribution in [2.45, 2.75) is 13.0 Å². The SMILES string of the molecule is CC1CN(c2ncnc3c(-c4cc(C#N)n(C)n4)ccc(-c4ncccc4F)c23)CCN1C(=O)C(C#N)CF. The minimum atomic E-state index is -1.34. The van der Waals surface area contributed by atoms with Gasteiger partial charge in [0.2, 0.25) is 5.91 Å². The van der Waals surface area contributed by atoms with E-state index in [0.29, 0.717) is 52.3 Å². The number of amides is 1. The molecule has 0 saturated carbocycles. The first-order chi connectivity index (χ1) is 18.9. The summed E-state index contributed by atoms with van der Waals surface area (Å²) >= 11 is 0. The molecule has 1 aliphatic heterocycles. The molecule has 2 unspecified atom stereocenters. The number of aromatic nitrogens is 5. The number of benzene rings is 1. The van der Waals surface area contributed by atoms with Gasteiger partial charge in [0.25, 0.3) is 0 Å². The molecule has 0 bridgehead atoms. The van der Waals surface area contributed by atoms with Crippen molar-refractivity contribution in [2.75, 3.05) is 31.2 Å². The smallest absolute Gasteiger partial charge is 0.243 e. The van der Waals surface area contributed by atoms with Crippen LogP contribution in [0.5, 0.6) is 0 Å². The zero-order valence-electron chi connectivity index (χ0n) is 21.2. The molecule has 3 aromatic heterocycles. The third-order valence-electron chi connectivity index (χ3n) is 6.87. The van der Waals surface area contributed by atoms with Gasteiger partial charge >= 0.3 is 0 Å². The van der Waals surface area contributed by atoms with E-state index in [-0.39, 0.29) is 18.3 Å². The van der Waals surface area contributed by atoms with Crippen LogP contribution in [0.4, 0.5) is 14.6 Å². The Morgan fingerprint density at radius 1 is 1.18 bits per heavy atom. The molecule has 0 radical (unpaired) electrons. The number of halogens is 2. The number of hydrogen-bond donors (Lipinski definition) is 0. The van der Waals surface area contributed by atoms with Crippen molar-refractivity contribution in [1.82, 2.24) is 29.6 Å². The van der Waals surface area contributed by atoms with E-state index in [1.165, 1.54) is 34.2 Å². The van der Waals surface area contributed by atoms with Crippen LogP contribution in [0.3, 0.4) is 0 Å². The molecule has 1 amide bonds. The average molecular weight is 528 g/mol. The minimum absolute atomic E-state index is 0.130. The summed E-state index contributed by atoms with van der Waals surface area (Å²) in [4.78, 5) is 29.5. The van der Waals surface area contributed by atoms with Gasteiger partial charge in [-0.3, -0.25) is 14.5 Å². The number of carbonyl (C=O) groups excluding carboxylic acids is 1. The Balaban J connectivity index is 1.65. The molecule has 12 heteroatoms. The third kappa shape index (κ3) is 4.50. The van der Waals surface area contributed by atoms with Crippen molar-refractivity contribution in [2.24, 2.45) is 13.0 Å². The summed E-state index contributed by atoms with van der Waals surface area (Å²) in [6.07, 6.45) is 2.91. The molecule has 1 fully saturated rings. The largest absolute Gasteiger partial charge is 0.352 e. The number of anilines is 1. The van der Waals surface area contributed by atoms with Gasteiger partial charge < -0.3 is 9.80 Å². The second-order valence-electron chi connectivity index (χ2n) is 9.23. The van der Waals surface area contributed by atoms with E-state index >= 15 is 0 Å². The molecule has 10 nitrogen and oxygen atoms in total. The summed E-state index contributed by atoms with van der Waals surface area (Å²) < 4.78 is 29.7. The number of pyridine rings is 1. The van der Waals surface area contributed by atoms with Crippen LogP contribution >= 0.6 is 0 Å². The lowest BCUT2D eigenvalue weighted by molar-refractivity contribution is -0.136. The number of nitriles is 2. The monoisotopic (exact) mass is 527 g/mol. The van der Waals surface area contributed by atoms with Gasteiger partial charge in [0.15, 0.2) is 5.92 Å². The van der Waals surface area contributed by atoms with E-state index in [4.69, 9.17) is 5.26 Å².